The van der Waals surface area contributed by atoms with Crippen LogP contribution in [0.1, 0.15) is 57.8 Å². The SMILES string of the molecule is CCN(CC)CC(C)NCC(O)c1ccc(C(C)C)cc1. The predicted molar refractivity (Wildman–Crippen MR) is 90.7 cm³/mol. The number of nitrogens with zero attached hydrogens (tertiary/aromatic N) is 1. The molecule has 0 aromatic heterocycles. The lowest BCUT2D eigenvalue weighted by Gasteiger charge is -2.24. The van der Waals surface area contributed by atoms with Crippen molar-refractivity contribution >= 4 is 0 Å². The Bertz CT molecular complexity index is 385. The minimum absolute atomic E-state index is 0.384. The van der Waals surface area contributed by atoms with Crippen LogP contribution in [0.2, 0.25) is 0 Å². The summed E-state index contributed by atoms with van der Waals surface area (Å²) >= 11 is 0. The molecule has 3 heteroatoms. The summed E-state index contributed by atoms with van der Waals surface area (Å²) < 4.78 is 0. The second-order valence-corrected chi connectivity index (χ2v) is 6.13. The third kappa shape index (κ3) is 6.16. The van der Waals surface area contributed by atoms with Crippen LogP contribution in [0.15, 0.2) is 24.3 Å². The number of rotatable bonds is 9. The summed E-state index contributed by atoms with van der Waals surface area (Å²) in [7, 11) is 0. The van der Waals surface area contributed by atoms with Crippen LogP contribution in [0, 0.1) is 0 Å². The van der Waals surface area contributed by atoms with Crippen LogP contribution in [0.5, 0.6) is 0 Å². The van der Waals surface area contributed by atoms with Gasteiger partial charge in [-0.3, -0.25) is 0 Å². The molecule has 1 aromatic rings. The summed E-state index contributed by atoms with van der Waals surface area (Å²) in [5.41, 5.74) is 2.30. The molecule has 0 amide bonds. The molecule has 0 spiro atoms. The highest BCUT2D eigenvalue weighted by Gasteiger charge is 2.11. The molecule has 0 aliphatic rings. The minimum atomic E-state index is -0.439. The quantitative estimate of drug-likeness (QED) is 0.734. The van der Waals surface area contributed by atoms with Crippen molar-refractivity contribution in [3.8, 4) is 0 Å². The lowest BCUT2D eigenvalue weighted by atomic mass is 10.00. The van der Waals surface area contributed by atoms with Gasteiger partial charge < -0.3 is 15.3 Å². The van der Waals surface area contributed by atoms with Crippen LogP contribution in [0.3, 0.4) is 0 Å². The zero-order valence-corrected chi connectivity index (χ0v) is 14.3. The Morgan fingerprint density at radius 2 is 1.52 bits per heavy atom. The highest BCUT2D eigenvalue weighted by Crippen LogP contribution is 2.18. The van der Waals surface area contributed by atoms with Crippen molar-refractivity contribution in [3.63, 3.8) is 0 Å². The van der Waals surface area contributed by atoms with Crippen LogP contribution >= 0.6 is 0 Å². The average Bonchev–Trinajstić information content (AvgIpc) is 2.50. The van der Waals surface area contributed by atoms with Crippen LogP contribution in [0.4, 0.5) is 0 Å². The van der Waals surface area contributed by atoms with Gasteiger partial charge in [0, 0.05) is 19.1 Å². The Hall–Kier alpha value is -0.900. The maximum atomic E-state index is 10.3. The highest BCUT2D eigenvalue weighted by molar-refractivity contribution is 5.26. The molecule has 1 rings (SSSR count). The van der Waals surface area contributed by atoms with E-state index >= 15 is 0 Å². The Kier molecular flexibility index (Phi) is 7.94. The fourth-order valence-corrected chi connectivity index (χ4v) is 2.47. The van der Waals surface area contributed by atoms with Gasteiger partial charge >= 0.3 is 0 Å². The van der Waals surface area contributed by atoms with E-state index in [-0.39, 0.29) is 0 Å². The fourth-order valence-electron chi connectivity index (χ4n) is 2.47. The Labute approximate surface area is 130 Å². The Balaban J connectivity index is 2.44. The molecule has 2 N–H and O–H groups in total. The lowest BCUT2D eigenvalue weighted by molar-refractivity contribution is 0.165. The van der Waals surface area contributed by atoms with Crippen molar-refractivity contribution in [2.75, 3.05) is 26.2 Å². The number of aliphatic hydroxyl groups is 1. The minimum Gasteiger partial charge on any atom is -0.387 e. The molecular formula is C18H32N2O. The largest absolute Gasteiger partial charge is 0.387 e. The molecule has 0 saturated carbocycles. The summed E-state index contributed by atoms with van der Waals surface area (Å²) in [4.78, 5) is 2.39. The highest BCUT2D eigenvalue weighted by atomic mass is 16.3. The van der Waals surface area contributed by atoms with E-state index in [2.05, 4.69) is 57.0 Å². The van der Waals surface area contributed by atoms with E-state index in [1.54, 1.807) is 0 Å². The maximum Gasteiger partial charge on any atom is 0.0914 e. The number of benzene rings is 1. The molecule has 0 radical (unpaired) electrons. The van der Waals surface area contributed by atoms with Crippen molar-refractivity contribution in [2.45, 2.75) is 52.7 Å². The zero-order chi connectivity index (χ0) is 15.8. The van der Waals surface area contributed by atoms with E-state index in [1.807, 2.05) is 12.1 Å². The van der Waals surface area contributed by atoms with Crippen LogP contribution in [-0.4, -0.2) is 42.2 Å². The van der Waals surface area contributed by atoms with Gasteiger partial charge in [-0.15, -0.1) is 0 Å². The molecule has 3 nitrogen and oxygen atoms in total. The predicted octanol–water partition coefficient (Wildman–Crippen LogP) is 3.16. The molecule has 0 aliphatic carbocycles. The van der Waals surface area contributed by atoms with Crippen molar-refractivity contribution in [3.05, 3.63) is 35.4 Å². The van der Waals surface area contributed by atoms with E-state index in [0.717, 1.165) is 25.2 Å². The zero-order valence-electron chi connectivity index (χ0n) is 14.3. The van der Waals surface area contributed by atoms with Crippen molar-refractivity contribution < 1.29 is 5.11 Å². The number of likely N-dealkylation sites (N-methyl/N-ethyl adjacent to an activating group) is 1. The normalized spacial score (nSPS) is 14.7. The summed E-state index contributed by atoms with van der Waals surface area (Å²) in [5, 5.41) is 13.7. The van der Waals surface area contributed by atoms with Crippen LogP contribution in [0.25, 0.3) is 0 Å². The smallest absolute Gasteiger partial charge is 0.0914 e. The summed E-state index contributed by atoms with van der Waals surface area (Å²) in [5.74, 6) is 0.531. The van der Waals surface area contributed by atoms with Crippen LogP contribution < -0.4 is 5.32 Å². The van der Waals surface area contributed by atoms with E-state index in [0.29, 0.717) is 18.5 Å². The van der Waals surface area contributed by atoms with Gasteiger partial charge in [0.05, 0.1) is 6.10 Å². The van der Waals surface area contributed by atoms with Gasteiger partial charge in [0.15, 0.2) is 0 Å². The average molecular weight is 292 g/mol. The van der Waals surface area contributed by atoms with Gasteiger partial charge in [0.25, 0.3) is 0 Å². The van der Waals surface area contributed by atoms with E-state index < -0.39 is 6.10 Å². The Morgan fingerprint density at radius 1 is 1.00 bits per heavy atom. The molecule has 0 fully saturated rings. The number of hydrogen-bond donors (Lipinski definition) is 2. The number of nitrogens with one attached hydrogen (secondary N) is 1. The van der Waals surface area contributed by atoms with Crippen molar-refractivity contribution in [1.82, 2.24) is 10.2 Å². The molecule has 0 saturated heterocycles. The summed E-state index contributed by atoms with van der Waals surface area (Å²) in [6, 6.07) is 8.69. The molecule has 1 aromatic carbocycles. The topological polar surface area (TPSA) is 35.5 Å². The first-order chi connectivity index (χ1) is 9.97. The second-order valence-electron chi connectivity index (χ2n) is 6.13. The van der Waals surface area contributed by atoms with E-state index in [9.17, 15) is 5.11 Å². The molecule has 2 unspecified atom stereocenters. The van der Waals surface area contributed by atoms with Gasteiger partial charge in [0.1, 0.15) is 0 Å². The van der Waals surface area contributed by atoms with Gasteiger partial charge in [-0.25, -0.2) is 0 Å². The first kappa shape index (κ1) is 18.1. The van der Waals surface area contributed by atoms with Gasteiger partial charge in [-0.2, -0.15) is 0 Å². The standard InChI is InChI=1S/C18H32N2O/c1-6-20(7-2)13-15(5)19-12-18(21)17-10-8-16(9-11-17)14(3)4/h8-11,14-15,18-19,21H,6-7,12-13H2,1-5H3. The number of hydrogen-bond acceptors (Lipinski definition) is 3. The molecule has 0 aliphatic heterocycles. The third-order valence-electron chi connectivity index (χ3n) is 4.07. The molecule has 0 heterocycles. The molecule has 21 heavy (non-hydrogen) atoms. The fraction of sp³-hybridized carbons (Fsp3) is 0.667. The molecule has 2 atom stereocenters. The van der Waals surface area contributed by atoms with E-state index in [4.69, 9.17) is 0 Å². The van der Waals surface area contributed by atoms with Crippen molar-refractivity contribution in [1.29, 1.82) is 0 Å². The first-order valence-corrected chi connectivity index (χ1v) is 8.21. The van der Waals surface area contributed by atoms with Crippen LogP contribution in [-0.2, 0) is 0 Å². The van der Waals surface area contributed by atoms with E-state index in [1.165, 1.54) is 5.56 Å². The van der Waals surface area contributed by atoms with Crippen molar-refractivity contribution in [2.24, 2.45) is 0 Å². The number of aliphatic hydroxyl groups excluding tert-OH is 1. The summed E-state index contributed by atoms with van der Waals surface area (Å²) in [6.45, 7) is 14.7. The summed E-state index contributed by atoms with van der Waals surface area (Å²) in [6.07, 6.45) is -0.439. The Morgan fingerprint density at radius 3 is 2.00 bits per heavy atom. The first-order valence-electron chi connectivity index (χ1n) is 8.21. The molecule has 120 valence electrons. The van der Waals surface area contributed by atoms with Gasteiger partial charge in [-0.1, -0.05) is 52.0 Å². The van der Waals surface area contributed by atoms with Gasteiger partial charge in [-0.05, 0) is 37.1 Å². The second kappa shape index (κ2) is 9.19. The molecule has 0 bridgehead atoms. The lowest BCUT2D eigenvalue weighted by Crippen LogP contribution is -2.40. The third-order valence-corrected chi connectivity index (χ3v) is 4.07. The monoisotopic (exact) mass is 292 g/mol. The molecular weight excluding hydrogens is 260 g/mol. The van der Waals surface area contributed by atoms with Gasteiger partial charge in [0.2, 0.25) is 0 Å². The maximum absolute atomic E-state index is 10.3.